The van der Waals surface area contributed by atoms with Gasteiger partial charge in [0.25, 0.3) is 0 Å². The molecule has 16 heavy (non-hydrogen) atoms. The van der Waals surface area contributed by atoms with Gasteiger partial charge in [-0.3, -0.25) is 0 Å². The molecule has 1 N–H and O–H groups in total. The maximum Gasteiger partial charge on any atom is 0.109 e. The Hall–Kier alpha value is -0.390. The topological polar surface area (TPSA) is 29.5 Å². The first kappa shape index (κ1) is 18.0. The van der Waals surface area contributed by atoms with Crippen molar-refractivity contribution in [1.29, 1.82) is 0 Å². The van der Waals surface area contributed by atoms with Crippen LogP contribution in [0, 0.1) is 0 Å². The van der Waals surface area contributed by atoms with Crippen molar-refractivity contribution >= 4 is 28.6 Å². The average Bonchev–Trinajstić information content (AvgIpc) is 2.34. The smallest absolute Gasteiger partial charge is 0.109 e. The van der Waals surface area contributed by atoms with E-state index >= 15 is 0 Å². The van der Waals surface area contributed by atoms with Crippen molar-refractivity contribution in [3.63, 3.8) is 0 Å². The highest BCUT2D eigenvalue weighted by Gasteiger charge is 1.90. The second-order valence-corrected chi connectivity index (χ2v) is 3.47. The zero-order chi connectivity index (χ0) is 12.8. The summed E-state index contributed by atoms with van der Waals surface area (Å²) in [5.41, 5.74) is 2.29. The largest absolute Gasteiger partial charge is 0.392 e. The molecule has 0 amide bonds. The molecule has 0 aliphatic rings. The van der Waals surface area contributed by atoms with Crippen LogP contribution in [-0.4, -0.2) is 18.8 Å². The van der Waals surface area contributed by atoms with Crippen molar-refractivity contribution in [3.8, 4) is 0 Å². The van der Waals surface area contributed by atoms with E-state index in [0.29, 0.717) is 0 Å². The molecule has 0 heterocycles. The summed E-state index contributed by atoms with van der Waals surface area (Å²) in [4.78, 5) is 0. The monoisotopic (exact) mass is 336 g/mol. The van der Waals surface area contributed by atoms with Crippen LogP contribution in [0.3, 0.4) is 0 Å². The van der Waals surface area contributed by atoms with Crippen molar-refractivity contribution in [2.24, 2.45) is 0 Å². The van der Waals surface area contributed by atoms with Gasteiger partial charge in [-0.2, -0.15) is 0 Å². The maximum absolute atomic E-state index is 8.62. The molecular weight excluding hydrogens is 315 g/mol. The number of benzene rings is 1. The van der Waals surface area contributed by atoms with Crippen LogP contribution in [-0.2, 0) is 3.07 Å². The molecule has 0 saturated heterocycles. The van der Waals surface area contributed by atoms with Gasteiger partial charge in [0.1, 0.15) is 23.0 Å². The molecule has 0 spiro atoms. The lowest BCUT2D eigenvalue weighted by molar-refractivity contribution is 0.343. The summed E-state index contributed by atoms with van der Waals surface area (Å²) in [6, 6.07) is 10.0. The third-order valence-electron chi connectivity index (χ3n) is 1.63. The fourth-order valence-corrected chi connectivity index (χ4v) is 0.956. The molecule has 0 saturated carbocycles. The summed E-state index contributed by atoms with van der Waals surface area (Å²) < 4.78 is 4.22. The summed E-state index contributed by atoms with van der Waals surface area (Å²) in [5.74, 6) is 0. The average molecular weight is 336 g/mol. The Balaban J connectivity index is 0. The predicted molar refractivity (Wildman–Crippen MR) is 79.6 cm³/mol. The van der Waals surface area contributed by atoms with Gasteiger partial charge in [-0.15, -0.1) is 0 Å². The fraction of sp³-hybridized carbons (Fsp3) is 0.385. The van der Waals surface area contributed by atoms with Gasteiger partial charge in [0.05, 0.1) is 6.61 Å². The second-order valence-electron chi connectivity index (χ2n) is 2.59. The van der Waals surface area contributed by atoms with E-state index in [1.807, 2.05) is 51.1 Å². The Bertz CT molecular complexity index is 258. The van der Waals surface area contributed by atoms with E-state index in [2.05, 4.69) is 3.07 Å². The summed E-state index contributed by atoms with van der Waals surface area (Å²) in [6.45, 7) is 6.10. The first-order chi connectivity index (χ1) is 7.76. The molecular formula is C13H21IO2. The van der Waals surface area contributed by atoms with Gasteiger partial charge in [0.15, 0.2) is 0 Å². The number of halogens is 1. The molecule has 0 atom stereocenters. The number of rotatable bonds is 2. The van der Waals surface area contributed by atoms with E-state index in [4.69, 9.17) is 5.11 Å². The lowest BCUT2D eigenvalue weighted by Gasteiger charge is -1.98. The molecule has 3 heteroatoms. The number of aliphatic hydroxyl groups excluding tert-OH is 1. The molecule has 0 unspecified atom stereocenters. The van der Waals surface area contributed by atoms with Crippen LogP contribution in [0.2, 0.25) is 0 Å². The van der Waals surface area contributed by atoms with Gasteiger partial charge in [-0.1, -0.05) is 50.3 Å². The van der Waals surface area contributed by atoms with Crippen molar-refractivity contribution in [1.82, 2.24) is 0 Å². The number of hydrogen-bond acceptors (Lipinski definition) is 2. The minimum Gasteiger partial charge on any atom is -0.392 e. The van der Waals surface area contributed by atoms with E-state index in [1.54, 1.807) is 36.2 Å². The molecule has 1 aromatic rings. The SMILES string of the molecule is C/C(=C\CO)c1ccccc1.CC.COI. The van der Waals surface area contributed by atoms with Gasteiger partial charge >= 0.3 is 0 Å². The molecule has 92 valence electrons. The third-order valence-corrected chi connectivity index (χ3v) is 1.63. The van der Waals surface area contributed by atoms with E-state index in [1.165, 1.54) is 5.56 Å². The minimum atomic E-state index is 0.112. The van der Waals surface area contributed by atoms with Gasteiger partial charge < -0.3 is 8.17 Å². The number of hydrogen-bond donors (Lipinski definition) is 1. The zero-order valence-electron chi connectivity index (χ0n) is 10.4. The summed E-state index contributed by atoms with van der Waals surface area (Å²) in [7, 11) is 1.61. The highest BCUT2D eigenvalue weighted by Crippen LogP contribution is 2.11. The van der Waals surface area contributed by atoms with Crippen LogP contribution in [0.1, 0.15) is 26.3 Å². The Labute approximate surface area is 113 Å². The number of allylic oxidation sites excluding steroid dienone is 1. The second kappa shape index (κ2) is 14.6. The van der Waals surface area contributed by atoms with Crippen molar-refractivity contribution in [3.05, 3.63) is 42.0 Å². The molecule has 1 aromatic carbocycles. The Morgan fingerprint density at radius 3 is 2.12 bits per heavy atom. The van der Waals surface area contributed by atoms with Crippen LogP contribution in [0.25, 0.3) is 5.57 Å². The lowest BCUT2D eigenvalue weighted by Crippen LogP contribution is -1.80. The summed E-state index contributed by atoms with van der Waals surface area (Å²) in [6.07, 6.45) is 1.80. The Kier molecular flexibility index (Phi) is 16.4. The minimum absolute atomic E-state index is 0.112. The third kappa shape index (κ3) is 10.1. The first-order valence-electron chi connectivity index (χ1n) is 5.24. The highest BCUT2D eigenvalue weighted by atomic mass is 127. The van der Waals surface area contributed by atoms with E-state index < -0.39 is 0 Å². The Morgan fingerprint density at radius 1 is 1.31 bits per heavy atom. The predicted octanol–water partition coefficient (Wildman–Crippen LogP) is 4.09. The molecule has 0 bridgehead atoms. The zero-order valence-corrected chi connectivity index (χ0v) is 12.6. The first-order valence-corrected chi connectivity index (χ1v) is 6.12. The number of aliphatic hydroxyl groups is 1. The quantitative estimate of drug-likeness (QED) is 0.825. The Morgan fingerprint density at radius 2 is 1.75 bits per heavy atom. The van der Waals surface area contributed by atoms with Crippen LogP contribution in [0.5, 0.6) is 0 Å². The van der Waals surface area contributed by atoms with Gasteiger partial charge in [-0.25, -0.2) is 0 Å². The lowest BCUT2D eigenvalue weighted by atomic mass is 10.1. The van der Waals surface area contributed by atoms with Crippen LogP contribution in [0.4, 0.5) is 0 Å². The highest BCUT2D eigenvalue weighted by molar-refractivity contribution is 14.1. The normalized spacial score (nSPS) is 9.50. The van der Waals surface area contributed by atoms with Gasteiger partial charge in [-0.05, 0) is 18.1 Å². The van der Waals surface area contributed by atoms with Crippen LogP contribution >= 0.6 is 23.0 Å². The molecule has 2 nitrogen and oxygen atoms in total. The molecule has 0 aliphatic carbocycles. The molecule has 0 aliphatic heterocycles. The van der Waals surface area contributed by atoms with E-state index in [0.717, 1.165) is 5.57 Å². The molecule has 1 rings (SSSR count). The van der Waals surface area contributed by atoms with Crippen LogP contribution in [0.15, 0.2) is 36.4 Å². The van der Waals surface area contributed by atoms with Crippen molar-refractivity contribution < 1.29 is 8.17 Å². The van der Waals surface area contributed by atoms with Crippen molar-refractivity contribution in [2.75, 3.05) is 13.7 Å². The molecule has 0 fully saturated rings. The molecule has 0 radical (unpaired) electrons. The van der Waals surface area contributed by atoms with E-state index in [-0.39, 0.29) is 6.61 Å². The van der Waals surface area contributed by atoms with Crippen molar-refractivity contribution in [2.45, 2.75) is 20.8 Å². The van der Waals surface area contributed by atoms with Crippen LogP contribution < -0.4 is 0 Å². The summed E-state index contributed by atoms with van der Waals surface area (Å²) >= 11 is 1.79. The standard InChI is InChI=1S/C10H12O.C2H6.CH3IO/c1-9(7-8-11)10-5-3-2-4-6-10;1-2;1-3-2/h2-7,11H,8H2,1H3;1-2H3;1H3/b9-7+;;. The van der Waals surface area contributed by atoms with E-state index in [9.17, 15) is 0 Å². The maximum atomic E-state index is 8.62. The van der Waals surface area contributed by atoms with Gasteiger partial charge in [0, 0.05) is 7.11 Å². The summed E-state index contributed by atoms with van der Waals surface area (Å²) in [5, 5.41) is 8.62. The molecule has 0 aromatic heterocycles. The fourth-order valence-electron chi connectivity index (χ4n) is 0.956. The van der Waals surface area contributed by atoms with Gasteiger partial charge in [0.2, 0.25) is 0 Å².